The molecule has 298 valence electrons. The summed E-state index contributed by atoms with van der Waals surface area (Å²) in [5.41, 5.74) is 11.2. The molecule has 0 aliphatic carbocycles. The average molecular weight is 837 g/mol. The Balaban J connectivity index is 0.998. The first-order valence-electron chi connectivity index (χ1n) is 21.3. The van der Waals surface area contributed by atoms with E-state index in [1.165, 1.54) is 42.1 Å². The third-order valence-corrected chi connectivity index (χ3v) is 13.8. The molecule has 7 heteroatoms. The van der Waals surface area contributed by atoms with E-state index in [0.29, 0.717) is 17.5 Å². The van der Waals surface area contributed by atoms with E-state index in [0.717, 1.165) is 77.3 Å². The number of para-hydroxylation sites is 3. The van der Waals surface area contributed by atoms with Crippen LogP contribution in [0.15, 0.2) is 203 Å². The number of furan rings is 2. The van der Waals surface area contributed by atoms with Gasteiger partial charge in [0.2, 0.25) is 0 Å². The summed E-state index contributed by atoms with van der Waals surface area (Å²) in [5.74, 6) is 1.68. The van der Waals surface area contributed by atoms with Crippen molar-refractivity contribution in [2.24, 2.45) is 0 Å². The number of hydrogen-bond donors (Lipinski definition) is 0. The van der Waals surface area contributed by atoms with Crippen molar-refractivity contribution in [2.75, 3.05) is 0 Å². The number of fused-ring (bicyclic) bond motifs is 12. The topological polar surface area (TPSA) is 69.9 Å². The molecule has 0 saturated carbocycles. The third-order valence-electron chi connectivity index (χ3n) is 12.6. The number of benzene rings is 9. The van der Waals surface area contributed by atoms with E-state index in [-0.39, 0.29) is 0 Å². The first-order chi connectivity index (χ1) is 31.7. The molecule has 0 fully saturated rings. The normalized spacial score (nSPS) is 12.1. The summed E-state index contributed by atoms with van der Waals surface area (Å²) in [6.07, 6.45) is 0. The Morgan fingerprint density at radius 1 is 0.344 bits per heavy atom. The van der Waals surface area contributed by atoms with Crippen LogP contribution in [0.2, 0.25) is 0 Å². The molecule has 0 radical (unpaired) electrons. The Hall–Kier alpha value is -8.39. The molecular formula is C57H32N4O2S. The minimum absolute atomic E-state index is 0.548. The molecule has 64 heavy (non-hydrogen) atoms. The maximum absolute atomic E-state index is 6.72. The summed E-state index contributed by atoms with van der Waals surface area (Å²) < 4.78 is 18.0. The molecule has 6 nitrogen and oxygen atoms in total. The van der Waals surface area contributed by atoms with Crippen molar-refractivity contribution in [3.8, 4) is 51.0 Å². The first-order valence-corrected chi connectivity index (χ1v) is 22.1. The summed E-state index contributed by atoms with van der Waals surface area (Å²) in [7, 11) is 0. The SMILES string of the molecule is c1ccc(-c2nc(-c3ccc4c(c3)oc3ccccc34)nc(-c3cc(-n4c5ccccc5c5cc(-c6ccc7sc8ccccc8c7c6)ccc54)cc4oc5ccccc5c34)n2)cc1. The second kappa shape index (κ2) is 13.6. The fourth-order valence-corrected chi connectivity index (χ4v) is 10.8. The van der Waals surface area contributed by atoms with E-state index >= 15 is 0 Å². The Morgan fingerprint density at radius 2 is 0.938 bits per heavy atom. The standard InChI is InChI=1S/C57H32N4O2S/c1-2-12-33(13-3-1)55-58-56(36-22-25-40-39-15-5-9-19-48(39)62-50(40)30-36)60-57(59-55)45-31-37(32-51-54(45)42-17-6-10-20-49(42)63-51)61-46-18-8-4-14-38(46)43-28-34(23-26-47(43)61)35-24-27-53-44(29-35)41-16-7-11-21-52(41)64-53/h1-32H. The van der Waals surface area contributed by atoms with E-state index in [4.69, 9.17) is 23.8 Å². The molecular weight excluding hydrogens is 805 g/mol. The van der Waals surface area contributed by atoms with Crippen LogP contribution >= 0.6 is 11.3 Å². The van der Waals surface area contributed by atoms with Gasteiger partial charge in [-0.15, -0.1) is 11.3 Å². The Labute approximate surface area is 368 Å². The van der Waals surface area contributed by atoms with Crippen molar-refractivity contribution in [3.63, 3.8) is 0 Å². The van der Waals surface area contributed by atoms with Crippen LogP contribution < -0.4 is 0 Å². The summed E-state index contributed by atoms with van der Waals surface area (Å²) >= 11 is 1.84. The van der Waals surface area contributed by atoms with E-state index in [1.807, 2.05) is 78.1 Å². The average Bonchev–Trinajstić information content (AvgIpc) is 4.12. The van der Waals surface area contributed by atoms with Crippen LogP contribution in [0, 0.1) is 0 Å². The summed E-state index contributed by atoms with van der Waals surface area (Å²) in [5, 5.41) is 8.99. The van der Waals surface area contributed by atoms with Gasteiger partial charge in [-0.25, -0.2) is 15.0 Å². The van der Waals surface area contributed by atoms with Gasteiger partial charge in [-0.05, 0) is 77.9 Å². The van der Waals surface area contributed by atoms with Gasteiger partial charge in [0.25, 0.3) is 0 Å². The minimum atomic E-state index is 0.548. The number of hydrogen-bond acceptors (Lipinski definition) is 6. The van der Waals surface area contributed by atoms with E-state index in [1.54, 1.807) is 0 Å². The quantitative estimate of drug-likeness (QED) is 0.173. The fourth-order valence-electron chi connectivity index (χ4n) is 9.69. The van der Waals surface area contributed by atoms with Gasteiger partial charge in [-0.3, -0.25) is 0 Å². The van der Waals surface area contributed by atoms with Crippen LogP contribution in [0.5, 0.6) is 0 Å². The van der Waals surface area contributed by atoms with Crippen LogP contribution in [-0.2, 0) is 0 Å². The van der Waals surface area contributed by atoms with Crippen molar-refractivity contribution in [1.29, 1.82) is 0 Å². The Kier molecular flexibility index (Phi) is 7.46. The number of aromatic nitrogens is 4. The van der Waals surface area contributed by atoms with Gasteiger partial charge in [-0.1, -0.05) is 121 Å². The van der Waals surface area contributed by atoms with Gasteiger partial charge in [0.1, 0.15) is 22.3 Å². The van der Waals surface area contributed by atoms with E-state index < -0.39 is 0 Å². The molecule has 0 unspecified atom stereocenters. The van der Waals surface area contributed by atoms with Crippen LogP contribution in [-0.4, -0.2) is 19.5 Å². The van der Waals surface area contributed by atoms with Gasteiger partial charge in [-0.2, -0.15) is 0 Å². The van der Waals surface area contributed by atoms with Crippen LogP contribution in [0.25, 0.3) is 137 Å². The van der Waals surface area contributed by atoms with Crippen molar-refractivity contribution in [1.82, 2.24) is 19.5 Å². The second-order valence-electron chi connectivity index (χ2n) is 16.3. The first kappa shape index (κ1) is 35.2. The highest BCUT2D eigenvalue weighted by atomic mass is 32.1. The summed E-state index contributed by atoms with van der Waals surface area (Å²) in [6.45, 7) is 0. The summed E-state index contributed by atoms with van der Waals surface area (Å²) in [6, 6.07) is 68.0. The van der Waals surface area contributed by atoms with Crippen molar-refractivity contribution >= 4 is 97.2 Å². The second-order valence-corrected chi connectivity index (χ2v) is 17.4. The van der Waals surface area contributed by atoms with Crippen LogP contribution in [0.1, 0.15) is 0 Å². The zero-order chi connectivity index (χ0) is 41.9. The van der Waals surface area contributed by atoms with Crippen LogP contribution in [0.4, 0.5) is 0 Å². The summed E-state index contributed by atoms with van der Waals surface area (Å²) in [4.78, 5) is 15.7. The smallest absolute Gasteiger partial charge is 0.164 e. The Bertz CT molecular complexity index is 4210. The van der Waals surface area contributed by atoms with Crippen molar-refractivity contribution in [3.05, 3.63) is 194 Å². The highest BCUT2D eigenvalue weighted by Gasteiger charge is 2.22. The molecule has 14 rings (SSSR count). The van der Waals surface area contributed by atoms with Crippen molar-refractivity contribution < 1.29 is 8.83 Å². The molecule has 14 aromatic rings. The molecule has 0 spiro atoms. The predicted octanol–water partition coefficient (Wildman–Crippen LogP) is 15.8. The van der Waals surface area contributed by atoms with Gasteiger partial charge in [0.05, 0.1) is 16.7 Å². The molecule has 0 aliphatic heterocycles. The lowest BCUT2D eigenvalue weighted by atomic mass is 10.0. The number of nitrogens with zero attached hydrogens (tertiary/aromatic N) is 4. The van der Waals surface area contributed by atoms with Gasteiger partial charge < -0.3 is 13.4 Å². The zero-order valence-electron chi connectivity index (χ0n) is 34.0. The molecule has 0 atom stereocenters. The molecule has 0 aliphatic rings. The predicted molar refractivity (Wildman–Crippen MR) is 263 cm³/mol. The van der Waals surface area contributed by atoms with Crippen molar-refractivity contribution in [2.45, 2.75) is 0 Å². The molecule has 5 heterocycles. The van der Waals surface area contributed by atoms with E-state index in [9.17, 15) is 0 Å². The molecule has 5 aromatic heterocycles. The zero-order valence-corrected chi connectivity index (χ0v) is 34.8. The largest absolute Gasteiger partial charge is 0.456 e. The lowest BCUT2D eigenvalue weighted by Crippen LogP contribution is -2.01. The molecule has 0 bridgehead atoms. The molecule has 0 N–H and O–H groups in total. The molecule has 0 amide bonds. The van der Waals surface area contributed by atoms with Gasteiger partial charge in [0, 0.05) is 75.2 Å². The lowest BCUT2D eigenvalue weighted by Gasteiger charge is -2.13. The fraction of sp³-hybridized carbons (Fsp3) is 0. The molecule has 9 aromatic carbocycles. The number of thiophene rings is 1. The van der Waals surface area contributed by atoms with Crippen LogP contribution in [0.3, 0.4) is 0 Å². The lowest BCUT2D eigenvalue weighted by molar-refractivity contribution is 0.668. The third kappa shape index (κ3) is 5.35. The maximum atomic E-state index is 6.72. The Morgan fingerprint density at radius 3 is 1.80 bits per heavy atom. The molecule has 0 saturated heterocycles. The highest BCUT2D eigenvalue weighted by molar-refractivity contribution is 7.25. The monoisotopic (exact) mass is 836 g/mol. The number of rotatable bonds is 5. The van der Waals surface area contributed by atoms with Gasteiger partial charge in [0.15, 0.2) is 17.5 Å². The highest BCUT2D eigenvalue weighted by Crippen LogP contribution is 2.43. The maximum Gasteiger partial charge on any atom is 0.164 e. The van der Waals surface area contributed by atoms with E-state index in [2.05, 4.69) is 132 Å². The van der Waals surface area contributed by atoms with Gasteiger partial charge >= 0.3 is 0 Å². The minimum Gasteiger partial charge on any atom is -0.456 e.